The number of β-lactam (4-membered cyclic amide) rings is 1. The lowest BCUT2D eigenvalue weighted by Gasteiger charge is -2.36. The number of carboxylic acid groups (broad SMARTS) is 1. The van der Waals surface area contributed by atoms with Crippen LogP contribution in [0.5, 0.6) is 0 Å². The molecule has 0 aromatic rings. The van der Waals surface area contributed by atoms with Crippen molar-refractivity contribution in [1.29, 1.82) is 0 Å². The van der Waals surface area contributed by atoms with Gasteiger partial charge in [-0.25, -0.2) is 4.79 Å². The van der Waals surface area contributed by atoms with Gasteiger partial charge in [0.05, 0.1) is 0 Å². The molecule has 2 aliphatic rings. The van der Waals surface area contributed by atoms with Crippen LogP contribution in [-0.2, 0) is 14.4 Å². The van der Waals surface area contributed by atoms with Gasteiger partial charge >= 0.3 is 5.97 Å². The molecule has 2 rings (SSSR count). The fourth-order valence-corrected chi connectivity index (χ4v) is 3.57. The molecule has 88 valence electrons. The first-order valence-electron chi connectivity index (χ1n) is 4.74. The number of fused-ring (bicyclic) bond motifs is 1. The summed E-state index contributed by atoms with van der Waals surface area (Å²) in [5.74, 6) is -1.33. The van der Waals surface area contributed by atoms with E-state index < -0.39 is 16.8 Å². The van der Waals surface area contributed by atoms with Crippen LogP contribution in [0.4, 0.5) is 0 Å². The smallest absolute Gasteiger partial charge is 0.327 e. The van der Waals surface area contributed by atoms with E-state index in [1.807, 2.05) is 13.8 Å². The quantitative estimate of drug-likeness (QED) is 0.552. The molecule has 1 N–H and O–H groups in total. The zero-order chi connectivity index (χ0) is 12.1. The van der Waals surface area contributed by atoms with Gasteiger partial charge < -0.3 is 14.8 Å². The SMILES string of the molecule is CO/N=C1/C(=O)N2[C@@H]1SC(C)(C)[C@@H]2C(=O)O. The second-order valence-corrected chi connectivity index (χ2v) is 5.92. The summed E-state index contributed by atoms with van der Waals surface area (Å²) < 4.78 is -0.517. The maximum absolute atomic E-state index is 11.7. The summed E-state index contributed by atoms with van der Waals surface area (Å²) in [5.41, 5.74) is 0.296. The van der Waals surface area contributed by atoms with E-state index in [9.17, 15) is 9.59 Å². The molecule has 1 amide bonds. The predicted octanol–water partition coefficient (Wildman–Crippen LogP) is 0.136. The standard InChI is InChI=1S/C9H12N2O4S/c1-9(2)5(8(13)14)11-6(12)4(10-15-3)7(11)16-9/h5,7H,1-3H3,(H,13,14)/b10-4-/t5-,7+/m0/s1. The Bertz CT molecular complexity index is 393. The molecular weight excluding hydrogens is 232 g/mol. The molecule has 0 aromatic carbocycles. The van der Waals surface area contributed by atoms with Gasteiger partial charge in [-0.1, -0.05) is 5.16 Å². The molecule has 6 nitrogen and oxygen atoms in total. The Morgan fingerprint density at radius 2 is 2.25 bits per heavy atom. The third kappa shape index (κ3) is 1.31. The number of thioether (sulfide) groups is 1. The normalized spacial score (nSPS) is 33.6. The molecule has 0 spiro atoms. The van der Waals surface area contributed by atoms with Gasteiger partial charge in [0.25, 0.3) is 5.91 Å². The Hall–Kier alpha value is -1.24. The molecule has 2 fully saturated rings. The van der Waals surface area contributed by atoms with E-state index in [1.165, 1.54) is 23.8 Å². The number of nitrogens with zero attached hydrogens (tertiary/aromatic N) is 2. The number of aliphatic carboxylic acids is 1. The highest BCUT2D eigenvalue weighted by Gasteiger charge is 2.62. The first-order chi connectivity index (χ1) is 7.40. The molecule has 0 radical (unpaired) electrons. The van der Waals surface area contributed by atoms with Gasteiger partial charge in [0.2, 0.25) is 0 Å². The summed E-state index contributed by atoms with van der Waals surface area (Å²) in [6, 6.07) is -0.800. The van der Waals surface area contributed by atoms with Gasteiger partial charge in [-0.3, -0.25) is 4.79 Å². The van der Waals surface area contributed by atoms with Crippen molar-refractivity contribution in [3.63, 3.8) is 0 Å². The summed E-state index contributed by atoms with van der Waals surface area (Å²) >= 11 is 1.42. The molecular formula is C9H12N2O4S. The minimum Gasteiger partial charge on any atom is -0.480 e. The van der Waals surface area contributed by atoms with E-state index in [4.69, 9.17) is 5.11 Å². The third-order valence-corrected chi connectivity index (χ3v) is 4.22. The highest BCUT2D eigenvalue weighted by atomic mass is 32.2. The zero-order valence-corrected chi connectivity index (χ0v) is 9.95. The number of oxime groups is 1. The van der Waals surface area contributed by atoms with Gasteiger partial charge in [0, 0.05) is 4.75 Å². The lowest BCUT2D eigenvalue weighted by atomic mass is 9.98. The fraction of sp³-hybridized carbons (Fsp3) is 0.667. The van der Waals surface area contributed by atoms with Gasteiger partial charge in [-0.05, 0) is 13.8 Å². The number of hydrogen-bond donors (Lipinski definition) is 1. The Balaban J connectivity index is 2.32. The van der Waals surface area contributed by atoms with E-state index in [1.54, 1.807) is 0 Å². The number of rotatable bonds is 2. The Morgan fingerprint density at radius 3 is 2.75 bits per heavy atom. The highest BCUT2D eigenvalue weighted by molar-refractivity contribution is 8.02. The van der Waals surface area contributed by atoms with E-state index in [0.29, 0.717) is 5.71 Å². The Kier molecular flexibility index (Phi) is 2.37. The van der Waals surface area contributed by atoms with Crippen LogP contribution in [0.3, 0.4) is 0 Å². The molecule has 2 atom stereocenters. The molecule has 0 aromatic heterocycles. The monoisotopic (exact) mass is 244 g/mol. The number of amides is 1. The van der Waals surface area contributed by atoms with Crippen LogP contribution < -0.4 is 0 Å². The van der Waals surface area contributed by atoms with Crippen LogP contribution in [0.15, 0.2) is 5.16 Å². The second-order valence-electron chi connectivity index (χ2n) is 4.19. The number of hydrogen-bond acceptors (Lipinski definition) is 5. The van der Waals surface area contributed by atoms with Crippen LogP contribution in [0.2, 0.25) is 0 Å². The molecule has 0 aliphatic carbocycles. The topological polar surface area (TPSA) is 79.2 Å². The minimum atomic E-state index is -0.982. The maximum Gasteiger partial charge on any atom is 0.327 e. The van der Waals surface area contributed by atoms with Crippen LogP contribution >= 0.6 is 11.8 Å². The van der Waals surface area contributed by atoms with E-state index >= 15 is 0 Å². The molecule has 0 bridgehead atoms. The third-order valence-electron chi connectivity index (χ3n) is 2.72. The van der Waals surface area contributed by atoms with Gasteiger partial charge in [-0.2, -0.15) is 0 Å². The number of carboxylic acids is 1. The summed E-state index contributed by atoms with van der Waals surface area (Å²) in [4.78, 5) is 28.7. The average molecular weight is 244 g/mol. The lowest BCUT2D eigenvalue weighted by molar-refractivity contribution is -0.150. The molecule has 2 saturated heterocycles. The van der Waals surface area contributed by atoms with E-state index in [0.717, 1.165) is 0 Å². The fourth-order valence-electron chi connectivity index (χ4n) is 2.06. The predicted molar refractivity (Wildman–Crippen MR) is 58.2 cm³/mol. The maximum atomic E-state index is 11.7. The second kappa shape index (κ2) is 3.38. The van der Waals surface area contributed by atoms with Crippen molar-refractivity contribution in [2.24, 2.45) is 5.16 Å². The molecule has 7 heteroatoms. The molecule has 2 aliphatic heterocycles. The zero-order valence-electron chi connectivity index (χ0n) is 9.13. The molecule has 0 unspecified atom stereocenters. The van der Waals surface area contributed by atoms with Crippen molar-refractivity contribution in [3.05, 3.63) is 0 Å². The van der Waals surface area contributed by atoms with Crippen LogP contribution in [-0.4, -0.2) is 50.9 Å². The van der Waals surface area contributed by atoms with Crippen molar-refractivity contribution in [2.45, 2.75) is 30.0 Å². The average Bonchev–Trinajstić information content (AvgIpc) is 2.43. The largest absolute Gasteiger partial charge is 0.480 e. The van der Waals surface area contributed by atoms with Crippen LogP contribution in [0.1, 0.15) is 13.8 Å². The molecule has 0 saturated carbocycles. The Morgan fingerprint density at radius 1 is 1.62 bits per heavy atom. The summed E-state index contributed by atoms with van der Waals surface area (Å²) in [7, 11) is 1.36. The molecule has 2 heterocycles. The van der Waals surface area contributed by atoms with Crippen molar-refractivity contribution in [1.82, 2.24) is 4.90 Å². The summed E-state index contributed by atoms with van der Waals surface area (Å²) in [6.45, 7) is 3.62. The first-order valence-corrected chi connectivity index (χ1v) is 5.62. The van der Waals surface area contributed by atoms with E-state index in [-0.39, 0.29) is 11.3 Å². The Labute approximate surface area is 96.6 Å². The van der Waals surface area contributed by atoms with Gasteiger partial charge in [0.15, 0.2) is 5.71 Å². The highest BCUT2D eigenvalue weighted by Crippen LogP contribution is 2.49. The van der Waals surface area contributed by atoms with Crippen LogP contribution in [0, 0.1) is 0 Å². The minimum absolute atomic E-state index is 0.288. The first kappa shape index (κ1) is 11.3. The molecule has 16 heavy (non-hydrogen) atoms. The lowest BCUT2D eigenvalue weighted by Crippen LogP contribution is -2.63. The number of carbonyl (C=O) groups is 2. The van der Waals surface area contributed by atoms with Crippen molar-refractivity contribution < 1.29 is 19.5 Å². The summed E-state index contributed by atoms with van der Waals surface area (Å²) in [6.07, 6.45) is 0. The van der Waals surface area contributed by atoms with Crippen molar-refractivity contribution in [2.75, 3.05) is 7.11 Å². The van der Waals surface area contributed by atoms with Gasteiger partial charge in [-0.15, -0.1) is 11.8 Å². The van der Waals surface area contributed by atoms with Crippen LogP contribution in [0.25, 0.3) is 0 Å². The van der Waals surface area contributed by atoms with Crippen molar-refractivity contribution >= 4 is 29.4 Å². The van der Waals surface area contributed by atoms with E-state index in [2.05, 4.69) is 9.99 Å². The van der Waals surface area contributed by atoms with Gasteiger partial charge in [0.1, 0.15) is 18.5 Å². The summed E-state index contributed by atoms with van der Waals surface area (Å²) in [5, 5.41) is 12.5. The van der Waals surface area contributed by atoms with Crippen molar-refractivity contribution in [3.8, 4) is 0 Å². The number of carbonyl (C=O) groups excluding carboxylic acids is 1.